The average Bonchev–Trinajstić information content (AvgIpc) is 2.84. The second kappa shape index (κ2) is 6.03. The fourth-order valence-electron chi connectivity index (χ4n) is 2.42. The van der Waals surface area contributed by atoms with Gasteiger partial charge in [-0.3, -0.25) is 4.79 Å². The third kappa shape index (κ3) is 3.17. The highest BCUT2D eigenvalue weighted by atomic mass is 32.1. The minimum atomic E-state index is -4.56. The van der Waals surface area contributed by atoms with Crippen LogP contribution in [0.1, 0.15) is 26.5 Å². The topological polar surface area (TPSA) is 68.0 Å². The number of hydrogen-bond acceptors (Lipinski definition) is 4. The molecule has 0 saturated heterocycles. The number of anilines is 2. The summed E-state index contributed by atoms with van der Waals surface area (Å²) in [6, 6.07) is 6.63. The lowest BCUT2D eigenvalue weighted by Gasteiger charge is -2.13. The summed E-state index contributed by atoms with van der Waals surface area (Å²) in [5.74, 6) is -0.687. The average molecular weight is 365 g/mol. The fraction of sp³-hybridized carbons (Fsp3) is 0.176. The van der Waals surface area contributed by atoms with Crippen molar-refractivity contribution in [3.05, 3.63) is 52.0 Å². The number of nitrogens with one attached hydrogen (secondary N) is 1. The van der Waals surface area contributed by atoms with Crippen molar-refractivity contribution in [2.75, 3.05) is 11.1 Å². The van der Waals surface area contributed by atoms with E-state index in [4.69, 9.17) is 5.73 Å². The fourth-order valence-corrected chi connectivity index (χ4v) is 3.43. The van der Waals surface area contributed by atoms with Gasteiger partial charge in [0.05, 0.1) is 16.9 Å². The van der Waals surface area contributed by atoms with Crippen LogP contribution in [-0.2, 0) is 6.18 Å². The van der Waals surface area contributed by atoms with Gasteiger partial charge in [0.2, 0.25) is 0 Å². The van der Waals surface area contributed by atoms with Gasteiger partial charge in [0.1, 0.15) is 9.71 Å². The van der Waals surface area contributed by atoms with Crippen molar-refractivity contribution < 1.29 is 18.0 Å². The van der Waals surface area contributed by atoms with Gasteiger partial charge in [-0.25, -0.2) is 4.98 Å². The number of carbonyl (C=O) groups is 1. The summed E-state index contributed by atoms with van der Waals surface area (Å²) < 4.78 is 39.2. The van der Waals surface area contributed by atoms with E-state index in [1.54, 1.807) is 0 Å². The number of alkyl halides is 3. The number of aromatic nitrogens is 1. The van der Waals surface area contributed by atoms with Crippen LogP contribution in [0, 0.1) is 13.8 Å². The molecule has 2 aromatic heterocycles. The predicted octanol–water partition coefficient (Wildman–Crippen LogP) is 4.77. The van der Waals surface area contributed by atoms with Gasteiger partial charge in [-0.1, -0.05) is 12.1 Å². The number of nitrogens with zero attached hydrogens (tertiary/aromatic N) is 1. The first kappa shape index (κ1) is 17.2. The van der Waals surface area contributed by atoms with E-state index in [-0.39, 0.29) is 16.3 Å². The normalized spacial score (nSPS) is 11.7. The van der Waals surface area contributed by atoms with Gasteiger partial charge < -0.3 is 11.1 Å². The Morgan fingerprint density at radius 2 is 1.92 bits per heavy atom. The van der Waals surface area contributed by atoms with Crippen LogP contribution in [0.4, 0.5) is 24.5 Å². The van der Waals surface area contributed by atoms with Crippen molar-refractivity contribution in [2.45, 2.75) is 20.0 Å². The van der Waals surface area contributed by atoms with E-state index >= 15 is 0 Å². The van der Waals surface area contributed by atoms with Gasteiger partial charge in [-0.05, 0) is 37.6 Å². The Bertz CT molecular complexity index is 979. The molecule has 0 unspecified atom stereocenters. The number of hydrogen-bond donors (Lipinski definition) is 2. The first-order valence-corrected chi connectivity index (χ1v) is 8.14. The third-order valence-corrected chi connectivity index (χ3v) is 4.97. The number of benzene rings is 1. The Morgan fingerprint density at radius 3 is 2.60 bits per heavy atom. The number of carbonyl (C=O) groups excluding carboxylic acids is 1. The molecule has 0 fully saturated rings. The van der Waals surface area contributed by atoms with E-state index < -0.39 is 17.6 Å². The van der Waals surface area contributed by atoms with Crippen LogP contribution in [-0.4, -0.2) is 10.9 Å². The zero-order valence-electron chi connectivity index (χ0n) is 13.4. The van der Waals surface area contributed by atoms with Crippen molar-refractivity contribution in [1.82, 2.24) is 4.98 Å². The lowest BCUT2D eigenvalue weighted by Crippen LogP contribution is -2.16. The lowest BCUT2D eigenvalue weighted by molar-refractivity contribution is -0.136. The van der Waals surface area contributed by atoms with Crippen LogP contribution in [0.2, 0.25) is 0 Å². The highest BCUT2D eigenvalue weighted by Gasteiger charge is 2.34. The Kier molecular flexibility index (Phi) is 4.16. The maximum atomic E-state index is 13.1. The number of aryl methyl sites for hydroxylation is 2. The molecule has 25 heavy (non-hydrogen) atoms. The molecular weight excluding hydrogens is 351 g/mol. The molecule has 0 aliphatic rings. The number of rotatable bonds is 2. The van der Waals surface area contributed by atoms with Crippen LogP contribution < -0.4 is 11.1 Å². The second-order valence-corrected chi connectivity index (χ2v) is 6.58. The molecule has 4 nitrogen and oxygen atoms in total. The van der Waals surface area contributed by atoms with E-state index in [0.717, 1.165) is 28.7 Å². The first-order valence-electron chi connectivity index (χ1n) is 7.32. The molecule has 2 heterocycles. The number of amides is 1. The zero-order valence-corrected chi connectivity index (χ0v) is 14.2. The molecule has 0 aliphatic carbocycles. The molecule has 0 saturated carbocycles. The summed E-state index contributed by atoms with van der Waals surface area (Å²) >= 11 is 1.06. The summed E-state index contributed by atoms with van der Waals surface area (Å²) in [6.45, 7) is 3.71. The SMILES string of the molecule is Cc1cc2c(N)c(C(=O)Nc3ccccc3C(F)(F)F)sc2nc1C. The largest absolute Gasteiger partial charge is 0.418 e. The smallest absolute Gasteiger partial charge is 0.397 e. The monoisotopic (exact) mass is 365 g/mol. The van der Waals surface area contributed by atoms with Gasteiger partial charge in [0.15, 0.2) is 0 Å². The molecule has 1 aromatic carbocycles. The van der Waals surface area contributed by atoms with Crippen LogP contribution in [0.25, 0.3) is 10.2 Å². The van der Waals surface area contributed by atoms with Crippen molar-refractivity contribution in [3.8, 4) is 0 Å². The predicted molar refractivity (Wildman–Crippen MR) is 92.9 cm³/mol. The summed E-state index contributed by atoms with van der Waals surface area (Å²) in [4.78, 5) is 17.6. The van der Waals surface area contributed by atoms with Crippen molar-refractivity contribution in [1.29, 1.82) is 0 Å². The maximum absolute atomic E-state index is 13.1. The Labute approximate surface area is 145 Å². The Hall–Kier alpha value is -2.61. The highest BCUT2D eigenvalue weighted by Crippen LogP contribution is 2.37. The molecule has 0 atom stereocenters. The molecule has 0 spiro atoms. The van der Waals surface area contributed by atoms with Crippen LogP contribution in [0.15, 0.2) is 30.3 Å². The van der Waals surface area contributed by atoms with E-state index in [9.17, 15) is 18.0 Å². The Morgan fingerprint density at radius 1 is 1.24 bits per heavy atom. The molecule has 0 aliphatic heterocycles. The van der Waals surface area contributed by atoms with Crippen LogP contribution in [0.3, 0.4) is 0 Å². The second-order valence-electron chi connectivity index (χ2n) is 5.59. The molecule has 3 aromatic rings. The summed E-state index contributed by atoms with van der Waals surface area (Å²) in [7, 11) is 0. The quantitative estimate of drug-likeness (QED) is 0.688. The van der Waals surface area contributed by atoms with Crippen molar-refractivity contribution >= 4 is 38.8 Å². The van der Waals surface area contributed by atoms with E-state index in [1.165, 1.54) is 18.2 Å². The number of pyridine rings is 1. The van der Waals surface area contributed by atoms with E-state index in [1.807, 2.05) is 19.9 Å². The number of fused-ring (bicyclic) bond motifs is 1. The Balaban J connectivity index is 2.01. The van der Waals surface area contributed by atoms with E-state index in [0.29, 0.717) is 10.2 Å². The summed E-state index contributed by atoms with van der Waals surface area (Å²) in [6.07, 6.45) is -4.56. The highest BCUT2D eigenvalue weighted by molar-refractivity contribution is 7.21. The molecule has 3 N–H and O–H groups in total. The number of nitrogen functional groups attached to an aromatic ring is 1. The standard InChI is InChI=1S/C17H14F3N3OS/c1-8-7-10-13(21)14(25-16(10)22-9(8)2)15(24)23-12-6-4-3-5-11(12)17(18,19)20/h3-7H,21H2,1-2H3,(H,23,24). The van der Waals surface area contributed by atoms with Crippen LogP contribution in [0.5, 0.6) is 0 Å². The molecule has 1 amide bonds. The van der Waals surface area contributed by atoms with Gasteiger partial charge in [0, 0.05) is 11.1 Å². The lowest BCUT2D eigenvalue weighted by atomic mass is 10.1. The molecule has 8 heteroatoms. The van der Waals surface area contributed by atoms with Gasteiger partial charge in [0.25, 0.3) is 5.91 Å². The molecule has 3 rings (SSSR count). The number of para-hydroxylation sites is 1. The number of thiophene rings is 1. The molecular formula is C17H14F3N3OS. The molecule has 0 radical (unpaired) electrons. The van der Waals surface area contributed by atoms with Gasteiger partial charge in [-0.15, -0.1) is 11.3 Å². The number of nitrogens with two attached hydrogens (primary N) is 1. The maximum Gasteiger partial charge on any atom is 0.418 e. The zero-order chi connectivity index (χ0) is 18.4. The van der Waals surface area contributed by atoms with Crippen molar-refractivity contribution in [2.24, 2.45) is 0 Å². The van der Waals surface area contributed by atoms with E-state index in [2.05, 4.69) is 10.3 Å². The molecule has 0 bridgehead atoms. The first-order chi connectivity index (χ1) is 11.7. The van der Waals surface area contributed by atoms with Gasteiger partial charge in [-0.2, -0.15) is 13.2 Å². The minimum Gasteiger partial charge on any atom is -0.397 e. The van der Waals surface area contributed by atoms with Gasteiger partial charge >= 0.3 is 6.18 Å². The number of halogens is 3. The van der Waals surface area contributed by atoms with Crippen molar-refractivity contribution in [3.63, 3.8) is 0 Å². The van der Waals surface area contributed by atoms with Crippen LogP contribution >= 0.6 is 11.3 Å². The third-order valence-electron chi connectivity index (χ3n) is 3.85. The summed E-state index contributed by atoms with van der Waals surface area (Å²) in [5, 5.41) is 2.94. The minimum absolute atomic E-state index is 0.143. The molecule has 130 valence electrons. The summed E-state index contributed by atoms with van der Waals surface area (Å²) in [5.41, 5.74) is 6.76.